The molecule has 6 rings (SSSR count). The largest absolute Gasteiger partial charge is 0.457 e. The van der Waals surface area contributed by atoms with Gasteiger partial charge in [-0.25, -0.2) is 0 Å². The molecule has 212 valence electrons. The van der Waals surface area contributed by atoms with Crippen LogP contribution in [0.5, 0.6) is 11.5 Å². The van der Waals surface area contributed by atoms with Crippen molar-refractivity contribution in [2.45, 2.75) is 103 Å². The van der Waals surface area contributed by atoms with E-state index in [4.69, 9.17) is 4.74 Å². The quantitative estimate of drug-likeness (QED) is 0.249. The molecule has 41 heavy (non-hydrogen) atoms. The van der Waals surface area contributed by atoms with Crippen LogP contribution < -0.4 is 4.74 Å². The van der Waals surface area contributed by atoms with Crippen molar-refractivity contribution in [1.82, 2.24) is 0 Å². The molecule has 4 aromatic rings. The molecule has 0 aliphatic heterocycles. The minimum absolute atomic E-state index is 0.890. The Morgan fingerprint density at radius 2 is 0.707 bits per heavy atom. The van der Waals surface area contributed by atoms with Crippen molar-refractivity contribution >= 4 is 0 Å². The third-order valence-electron chi connectivity index (χ3n) is 9.23. The number of benzene rings is 4. The Balaban J connectivity index is 1.15. The van der Waals surface area contributed by atoms with Crippen molar-refractivity contribution in [3.8, 4) is 33.8 Å². The van der Waals surface area contributed by atoms with Gasteiger partial charge in [0.05, 0.1) is 0 Å². The molecule has 0 N–H and O–H groups in total. The maximum absolute atomic E-state index is 6.30. The highest BCUT2D eigenvalue weighted by Crippen LogP contribution is 2.33. The molecule has 0 aromatic heterocycles. The molecule has 4 bridgehead atoms. The van der Waals surface area contributed by atoms with E-state index >= 15 is 0 Å². The van der Waals surface area contributed by atoms with Crippen molar-refractivity contribution < 1.29 is 4.74 Å². The fourth-order valence-corrected chi connectivity index (χ4v) is 6.83. The molecule has 0 saturated carbocycles. The van der Waals surface area contributed by atoms with Gasteiger partial charge in [0.25, 0.3) is 0 Å². The van der Waals surface area contributed by atoms with Crippen LogP contribution in [0.25, 0.3) is 22.3 Å². The van der Waals surface area contributed by atoms with Gasteiger partial charge < -0.3 is 4.74 Å². The number of hydrogen-bond acceptors (Lipinski definition) is 1. The molecule has 0 amide bonds. The zero-order chi connectivity index (χ0) is 27.7. The van der Waals surface area contributed by atoms with Crippen molar-refractivity contribution in [2.75, 3.05) is 0 Å². The van der Waals surface area contributed by atoms with Gasteiger partial charge in [-0.3, -0.25) is 0 Å². The standard InChI is InChI=1S/C40H46O/c1-3-7-11-15-35-29-31(13-9-5-1)17-27-39(35)33-19-23-37(24-20-33)41-38-25-21-34(22-26-38)40-28-18-32-14-10-6-2-4-8-12-16-36(40)30-32/h17-30H,1-16H2. The first-order valence-corrected chi connectivity index (χ1v) is 16.4. The van der Waals surface area contributed by atoms with Crippen molar-refractivity contribution in [1.29, 1.82) is 0 Å². The third kappa shape index (κ3) is 7.50. The summed E-state index contributed by atoms with van der Waals surface area (Å²) in [5.74, 6) is 1.78. The number of ether oxygens (including phenoxy) is 1. The van der Waals surface area contributed by atoms with Crippen LogP contribution in [0.4, 0.5) is 0 Å². The fraction of sp³-hybridized carbons (Fsp3) is 0.400. The number of aryl methyl sites for hydroxylation is 4. The minimum Gasteiger partial charge on any atom is -0.457 e. The molecule has 0 fully saturated rings. The molecule has 1 heteroatoms. The summed E-state index contributed by atoms with van der Waals surface area (Å²) in [6.45, 7) is 0. The molecular weight excluding hydrogens is 496 g/mol. The first-order valence-electron chi connectivity index (χ1n) is 16.4. The van der Waals surface area contributed by atoms with Gasteiger partial charge in [-0.05, 0) is 120 Å². The second kappa shape index (κ2) is 14.0. The summed E-state index contributed by atoms with van der Waals surface area (Å²) in [5.41, 5.74) is 11.4. The summed E-state index contributed by atoms with van der Waals surface area (Å²) in [6, 6.07) is 31.7. The summed E-state index contributed by atoms with van der Waals surface area (Å²) in [5, 5.41) is 0. The molecule has 0 atom stereocenters. The van der Waals surface area contributed by atoms with Crippen LogP contribution in [-0.2, 0) is 25.7 Å². The van der Waals surface area contributed by atoms with Crippen molar-refractivity contribution in [3.63, 3.8) is 0 Å². The molecule has 0 saturated heterocycles. The zero-order valence-electron chi connectivity index (χ0n) is 24.8. The van der Waals surface area contributed by atoms with E-state index in [0.29, 0.717) is 0 Å². The van der Waals surface area contributed by atoms with Crippen LogP contribution in [0, 0.1) is 0 Å². The van der Waals surface area contributed by atoms with Gasteiger partial charge in [0.1, 0.15) is 11.5 Å². The molecule has 2 aliphatic carbocycles. The molecule has 0 unspecified atom stereocenters. The van der Waals surface area contributed by atoms with Crippen LogP contribution in [-0.4, -0.2) is 0 Å². The fourth-order valence-electron chi connectivity index (χ4n) is 6.83. The van der Waals surface area contributed by atoms with Gasteiger partial charge in [-0.1, -0.05) is 112 Å². The molecule has 0 radical (unpaired) electrons. The monoisotopic (exact) mass is 542 g/mol. The van der Waals surface area contributed by atoms with E-state index in [-0.39, 0.29) is 0 Å². The lowest BCUT2D eigenvalue weighted by Gasteiger charge is -2.14. The van der Waals surface area contributed by atoms with E-state index in [1.54, 1.807) is 0 Å². The topological polar surface area (TPSA) is 9.23 Å². The Hall–Kier alpha value is -3.32. The van der Waals surface area contributed by atoms with E-state index in [2.05, 4.69) is 84.9 Å². The van der Waals surface area contributed by atoms with E-state index in [9.17, 15) is 0 Å². The molecule has 0 spiro atoms. The van der Waals surface area contributed by atoms with Gasteiger partial charge in [-0.15, -0.1) is 0 Å². The number of fused-ring (bicyclic) bond motifs is 4. The van der Waals surface area contributed by atoms with Gasteiger partial charge in [0.15, 0.2) is 0 Å². The average molecular weight is 543 g/mol. The van der Waals surface area contributed by atoms with E-state index in [0.717, 1.165) is 11.5 Å². The molecule has 0 heterocycles. The van der Waals surface area contributed by atoms with Gasteiger partial charge >= 0.3 is 0 Å². The lowest BCUT2D eigenvalue weighted by atomic mass is 9.93. The first-order chi connectivity index (χ1) is 20.3. The average Bonchev–Trinajstić information content (AvgIpc) is 3.07. The van der Waals surface area contributed by atoms with Gasteiger partial charge in [0, 0.05) is 0 Å². The van der Waals surface area contributed by atoms with E-state index in [1.165, 1.54) is 147 Å². The molecule has 1 nitrogen and oxygen atoms in total. The molecular formula is C40H46O. The lowest BCUT2D eigenvalue weighted by Crippen LogP contribution is -1.94. The Morgan fingerprint density at radius 3 is 1.12 bits per heavy atom. The summed E-state index contributed by atoms with van der Waals surface area (Å²) < 4.78 is 6.30. The highest BCUT2D eigenvalue weighted by atomic mass is 16.5. The lowest BCUT2D eigenvalue weighted by molar-refractivity contribution is 0.483. The predicted octanol–water partition coefficient (Wildman–Crippen LogP) is 11.7. The van der Waals surface area contributed by atoms with Gasteiger partial charge in [0.2, 0.25) is 0 Å². The SMILES string of the molecule is c1cc(-c2ccc(Oc3ccc(-c4ccc5cc4CCCCCCCC5)cc3)cc2)c2cc1CCCCCCCC2. The maximum atomic E-state index is 6.30. The van der Waals surface area contributed by atoms with Crippen LogP contribution in [0.3, 0.4) is 0 Å². The predicted molar refractivity (Wildman–Crippen MR) is 174 cm³/mol. The maximum Gasteiger partial charge on any atom is 0.127 e. The Bertz CT molecular complexity index is 1290. The normalized spacial score (nSPS) is 16.7. The van der Waals surface area contributed by atoms with Crippen LogP contribution in [0.2, 0.25) is 0 Å². The number of rotatable bonds is 4. The highest BCUT2D eigenvalue weighted by molar-refractivity contribution is 5.70. The van der Waals surface area contributed by atoms with E-state index < -0.39 is 0 Å². The first kappa shape index (κ1) is 27.8. The smallest absolute Gasteiger partial charge is 0.127 e. The van der Waals surface area contributed by atoms with Crippen LogP contribution >= 0.6 is 0 Å². The highest BCUT2D eigenvalue weighted by Gasteiger charge is 2.11. The molecule has 2 aliphatic rings. The summed E-state index contributed by atoms with van der Waals surface area (Å²) in [6.07, 6.45) is 21.0. The summed E-state index contributed by atoms with van der Waals surface area (Å²) in [7, 11) is 0. The summed E-state index contributed by atoms with van der Waals surface area (Å²) >= 11 is 0. The van der Waals surface area contributed by atoms with Crippen molar-refractivity contribution in [2.24, 2.45) is 0 Å². The second-order valence-corrected chi connectivity index (χ2v) is 12.4. The third-order valence-corrected chi connectivity index (χ3v) is 9.23. The second-order valence-electron chi connectivity index (χ2n) is 12.4. The Morgan fingerprint density at radius 1 is 0.341 bits per heavy atom. The van der Waals surface area contributed by atoms with Gasteiger partial charge in [-0.2, -0.15) is 0 Å². The van der Waals surface area contributed by atoms with Crippen molar-refractivity contribution in [3.05, 3.63) is 107 Å². The summed E-state index contributed by atoms with van der Waals surface area (Å²) in [4.78, 5) is 0. The Kier molecular flexibility index (Phi) is 9.53. The van der Waals surface area contributed by atoms with E-state index in [1.807, 2.05) is 0 Å². The number of hydrogen-bond donors (Lipinski definition) is 0. The minimum atomic E-state index is 0.890. The Labute approximate surface area is 248 Å². The molecule has 4 aromatic carbocycles. The van der Waals surface area contributed by atoms with Crippen LogP contribution in [0.1, 0.15) is 99.3 Å². The van der Waals surface area contributed by atoms with Crippen LogP contribution in [0.15, 0.2) is 84.9 Å². The zero-order valence-corrected chi connectivity index (χ0v) is 24.8.